The lowest BCUT2D eigenvalue weighted by molar-refractivity contribution is 0.274. The summed E-state index contributed by atoms with van der Waals surface area (Å²) in [6.45, 7) is 5.52. The van der Waals surface area contributed by atoms with Gasteiger partial charge in [-0.25, -0.2) is 0 Å². The molecule has 1 nitrogen and oxygen atoms in total. The molecular weight excluding hydrogens is 206 g/mol. The van der Waals surface area contributed by atoms with Crippen LogP contribution in [0.3, 0.4) is 0 Å². The Bertz CT molecular complexity index is 339. The monoisotopic (exact) mass is 231 g/mol. The number of rotatable bonds is 4. The first kappa shape index (κ1) is 12.6. The molecule has 1 aliphatic carbocycles. The van der Waals surface area contributed by atoms with Gasteiger partial charge in [-0.3, -0.25) is 0 Å². The molecule has 0 bridgehead atoms. The lowest BCUT2D eigenvalue weighted by Gasteiger charge is -2.32. The topological polar surface area (TPSA) is 12.0 Å². The van der Waals surface area contributed by atoms with E-state index in [1.165, 1.54) is 43.2 Å². The smallest absolute Gasteiger partial charge is 0.0351 e. The van der Waals surface area contributed by atoms with Gasteiger partial charge in [-0.1, -0.05) is 50.5 Å². The van der Waals surface area contributed by atoms with Crippen LogP contribution in [0.15, 0.2) is 24.3 Å². The lowest BCUT2D eigenvalue weighted by atomic mass is 9.80. The minimum atomic E-state index is 0.571. The van der Waals surface area contributed by atoms with Crippen molar-refractivity contribution in [1.29, 1.82) is 0 Å². The van der Waals surface area contributed by atoms with Crippen LogP contribution < -0.4 is 5.32 Å². The Morgan fingerprint density at radius 1 is 1.18 bits per heavy atom. The summed E-state index contributed by atoms with van der Waals surface area (Å²) in [7, 11) is 0. The molecule has 0 amide bonds. The Morgan fingerprint density at radius 3 is 2.53 bits per heavy atom. The summed E-state index contributed by atoms with van der Waals surface area (Å²) in [5.41, 5.74) is 2.95. The molecule has 1 N–H and O–H groups in total. The molecule has 2 rings (SSSR count). The van der Waals surface area contributed by atoms with Crippen molar-refractivity contribution < 1.29 is 0 Å². The molecule has 0 spiro atoms. The zero-order valence-electron chi connectivity index (χ0n) is 11.2. The second-order valence-corrected chi connectivity index (χ2v) is 5.29. The van der Waals surface area contributed by atoms with E-state index < -0.39 is 0 Å². The number of benzene rings is 1. The van der Waals surface area contributed by atoms with Gasteiger partial charge in [0.1, 0.15) is 0 Å². The maximum Gasteiger partial charge on any atom is 0.0351 e. The molecule has 1 aromatic rings. The molecule has 0 aliphatic heterocycles. The Balaban J connectivity index is 2.18. The predicted molar refractivity (Wildman–Crippen MR) is 74.2 cm³/mol. The van der Waals surface area contributed by atoms with E-state index in [1.54, 1.807) is 0 Å². The van der Waals surface area contributed by atoms with Crippen molar-refractivity contribution in [2.24, 2.45) is 5.92 Å². The van der Waals surface area contributed by atoms with Gasteiger partial charge in [0, 0.05) is 6.04 Å². The summed E-state index contributed by atoms with van der Waals surface area (Å²) in [4.78, 5) is 0. The highest BCUT2D eigenvalue weighted by Crippen LogP contribution is 2.35. The third-order valence-corrected chi connectivity index (χ3v) is 4.07. The zero-order valence-corrected chi connectivity index (χ0v) is 11.2. The Morgan fingerprint density at radius 2 is 1.88 bits per heavy atom. The van der Waals surface area contributed by atoms with Crippen molar-refractivity contribution in [2.75, 3.05) is 6.54 Å². The molecule has 1 aromatic carbocycles. The highest BCUT2D eigenvalue weighted by atomic mass is 14.9. The van der Waals surface area contributed by atoms with Crippen molar-refractivity contribution >= 4 is 0 Å². The molecule has 0 aromatic heterocycles. The molecule has 0 radical (unpaired) electrons. The second kappa shape index (κ2) is 6.20. The van der Waals surface area contributed by atoms with Gasteiger partial charge >= 0.3 is 0 Å². The standard InChI is InChI=1S/C16H25N/c1-3-17-16(14-10-5-4-6-11-14)15-12-8-7-9-13(15)2/h7-9,12,14,16-17H,3-6,10-11H2,1-2H3. The van der Waals surface area contributed by atoms with Gasteiger partial charge in [0.15, 0.2) is 0 Å². The van der Waals surface area contributed by atoms with Crippen molar-refractivity contribution in [1.82, 2.24) is 5.32 Å². The van der Waals surface area contributed by atoms with Crippen LogP contribution in [0.1, 0.15) is 56.2 Å². The van der Waals surface area contributed by atoms with E-state index in [0.29, 0.717) is 6.04 Å². The molecule has 1 heteroatoms. The van der Waals surface area contributed by atoms with Gasteiger partial charge in [0.2, 0.25) is 0 Å². The predicted octanol–water partition coefficient (Wildman–Crippen LogP) is 4.23. The van der Waals surface area contributed by atoms with E-state index in [4.69, 9.17) is 0 Å². The van der Waals surface area contributed by atoms with Crippen LogP contribution in [0.4, 0.5) is 0 Å². The van der Waals surface area contributed by atoms with E-state index in [9.17, 15) is 0 Å². The minimum Gasteiger partial charge on any atom is -0.310 e. The fraction of sp³-hybridized carbons (Fsp3) is 0.625. The largest absolute Gasteiger partial charge is 0.310 e. The summed E-state index contributed by atoms with van der Waals surface area (Å²) in [5.74, 6) is 0.838. The Hall–Kier alpha value is -0.820. The first-order valence-electron chi connectivity index (χ1n) is 7.12. The minimum absolute atomic E-state index is 0.571. The normalized spacial score (nSPS) is 19.2. The molecule has 1 atom stereocenters. The summed E-state index contributed by atoms with van der Waals surface area (Å²) < 4.78 is 0. The summed E-state index contributed by atoms with van der Waals surface area (Å²) in [6, 6.07) is 9.43. The highest BCUT2D eigenvalue weighted by molar-refractivity contribution is 5.29. The quantitative estimate of drug-likeness (QED) is 0.818. The van der Waals surface area contributed by atoms with Crippen molar-refractivity contribution in [3.63, 3.8) is 0 Å². The third-order valence-electron chi connectivity index (χ3n) is 4.07. The lowest BCUT2D eigenvalue weighted by Crippen LogP contribution is -2.30. The average Bonchev–Trinajstić information content (AvgIpc) is 2.38. The molecule has 0 heterocycles. The fourth-order valence-corrected chi connectivity index (χ4v) is 3.15. The fourth-order valence-electron chi connectivity index (χ4n) is 3.15. The van der Waals surface area contributed by atoms with E-state index in [1.807, 2.05) is 0 Å². The van der Waals surface area contributed by atoms with E-state index in [0.717, 1.165) is 12.5 Å². The van der Waals surface area contributed by atoms with Crippen molar-refractivity contribution in [3.05, 3.63) is 35.4 Å². The third kappa shape index (κ3) is 3.10. The van der Waals surface area contributed by atoms with Gasteiger partial charge < -0.3 is 5.32 Å². The van der Waals surface area contributed by atoms with E-state index >= 15 is 0 Å². The van der Waals surface area contributed by atoms with Gasteiger partial charge in [-0.2, -0.15) is 0 Å². The van der Waals surface area contributed by atoms with Crippen LogP contribution >= 0.6 is 0 Å². The molecule has 1 saturated carbocycles. The number of hydrogen-bond acceptors (Lipinski definition) is 1. The SMILES string of the molecule is CCNC(c1ccccc1C)C1CCCCC1. The van der Waals surface area contributed by atoms with Crippen LogP contribution in [0.2, 0.25) is 0 Å². The first-order chi connectivity index (χ1) is 8.33. The molecule has 1 unspecified atom stereocenters. The number of aryl methyl sites for hydroxylation is 1. The maximum absolute atomic E-state index is 3.71. The van der Waals surface area contributed by atoms with Gasteiger partial charge in [-0.15, -0.1) is 0 Å². The summed E-state index contributed by atoms with van der Waals surface area (Å²) >= 11 is 0. The molecule has 1 aliphatic rings. The van der Waals surface area contributed by atoms with Crippen molar-refractivity contribution in [3.8, 4) is 0 Å². The summed E-state index contributed by atoms with van der Waals surface area (Å²) in [6.07, 6.45) is 7.05. The van der Waals surface area contributed by atoms with E-state index in [2.05, 4.69) is 43.4 Å². The van der Waals surface area contributed by atoms with Gasteiger partial charge in [0.25, 0.3) is 0 Å². The Kier molecular flexibility index (Phi) is 4.61. The molecule has 1 fully saturated rings. The van der Waals surface area contributed by atoms with Crippen LogP contribution in [-0.2, 0) is 0 Å². The van der Waals surface area contributed by atoms with Crippen LogP contribution in [0, 0.1) is 12.8 Å². The molecule has 94 valence electrons. The van der Waals surface area contributed by atoms with Crippen LogP contribution in [0.5, 0.6) is 0 Å². The zero-order chi connectivity index (χ0) is 12.1. The van der Waals surface area contributed by atoms with Crippen molar-refractivity contribution in [2.45, 2.75) is 52.0 Å². The average molecular weight is 231 g/mol. The maximum atomic E-state index is 3.71. The summed E-state index contributed by atoms with van der Waals surface area (Å²) in [5, 5.41) is 3.71. The van der Waals surface area contributed by atoms with Gasteiger partial charge in [0.05, 0.1) is 0 Å². The highest BCUT2D eigenvalue weighted by Gasteiger charge is 2.24. The first-order valence-corrected chi connectivity index (χ1v) is 7.12. The van der Waals surface area contributed by atoms with Crippen LogP contribution in [0.25, 0.3) is 0 Å². The molecular formula is C16H25N. The number of nitrogens with one attached hydrogen (secondary N) is 1. The van der Waals surface area contributed by atoms with Crippen LogP contribution in [-0.4, -0.2) is 6.54 Å². The second-order valence-electron chi connectivity index (χ2n) is 5.29. The molecule has 17 heavy (non-hydrogen) atoms. The van der Waals surface area contributed by atoms with E-state index in [-0.39, 0.29) is 0 Å². The Labute approximate surface area is 106 Å². The van der Waals surface area contributed by atoms with Gasteiger partial charge in [-0.05, 0) is 43.4 Å². The number of hydrogen-bond donors (Lipinski definition) is 1. The molecule has 0 saturated heterocycles.